The lowest BCUT2D eigenvalue weighted by Crippen LogP contribution is -2.13. The summed E-state index contributed by atoms with van der Waals surface area (Å²) in [6.07, 6.45) is 3.56. The molecule has 0 bridgehead atoms. The molecule has 0 saturated carbocycles. The van der Waals surface area contributed by atoms with E-state index in [0.29, 0.717) is 12.3 Å². The maximum Gasteiger partial charge on any atom is 0.180 e. The molecule has 90 valence electrons. The summed E-state index contributed by atoms with van der Waals surface area (Å²) < 4.78 is 5.43. The summed E-state index contributed by atoms with van der Waals surface area (Å²) in [5.41, 5.74) is 1.46. The molecule has 0 aromatic carbocycles. The Balaban J connectivity index is 1.95. The highest BCUT2D eigenvalue weighted by molar-refractivity contribution is 5.71. The van der Waals surface area contributed by atoms with E-state index < -0.39 is 0 Å². The third-order valence-electron chi connectivity index (χ3n) is 2.19. The van der Waals surface area contributed by atoms with E-state index in [0.717, 1.165) is 17.9 Å². The van der Waals surface area contributed by atoms with Gasteiger partial charge >= 0.3 is 0 Å². The van der Waals surface area contributed by atoms with E-state index in [9.17, 15) is 0 Å². The summed E-state index contributed by atoms with van der Waals surface area (Å²) in [5.74, 6) is 0.797. The first kappa shape index (κ1) is 11.7. The number of hydrogen-bond acceptors (Lipinski definition) is 5. The summed E-state index contributed by atoms with van der Waals surface area (Å²) in [4.78, 5) is 12.7. The molecule has 5 heteroatoms. The molecule has 0 aliphatic carbocycles. The number of rotatable bonds is 5. The SMILES string of the molecule is CC(C)OCCNc1ccc2nccnc2n1. The Bertz CT molecular complexity index is 487. The second-order valence-electron chi connectivity index (χ2n) is 3.94. The van der Waals surface area contributed by atoms with Crippen molar-refractivity contribution in [1.82, 2.24) is 15.0 Å². The average molecular weight is 232 g/mol. The van der Waals surface area contributed by atoms with Crippen LogP contribution in [0.4, 0.5) is 5.82 Å². The lowest BCUT2D eigenvalue weighted by atomic mass is 10.4. The molecule has 2 rings (SSSR count). The molecule has 1 N–H and O–H groups in total. The van der Waals surface area contributed by atoms with Crippen molar-refractivity contribution in [2.45, 2.75) is 20.0 Å². The zero-order chi connectivity index (χ0) is 12.1. The molecule has 0 atom stereocenters. The van der Waals surface area contributed by atoms with Gasteiger partial charge in [-0.25, -0.2) is 9.97 Å². The highest BCUT2D eigenvalue weighted by Crippen LogP contribution is 2.09. The molecule has 0 radical (unpaired) electrons. The first-order valence-corrected chi connectivity index (χ1v) is 5.69. The van der Waals surface area contributed by atoms with Crippen LogP contribution in [0.2, 0.25) is 0 Å². The Hall–Kier alpha value is -1.75. The van der Waals surface area contributed by atoms with E-state index in [2.05, 4.69) is 20.3 Å². The molecular formula is C12H16N4O. The Morgan fingerprint density at radius 2 is 2.06 bits per heavy atom. The van der Waals surface area contributed by atoms with E-state index in [4.69, 9.17) is 4.74 Å². The molecule has 17 heavy (non-hydrogen) atoms. The van der Waals surface area contributed by atoms with Gasteiger partial charge in [0, 0.05) is 18.9 Å². The maximum atomic E-state index is 5.43. The van der Waals surface area contributed by atoms with E-state index in [1.807, 2.05) is 26.0 Å². The van der Waals surface area contributed by atoms with Gasteiger partial charge in [0.2, 0.25) is 0 Å². The molecule has 0 aliphatic rings. The molecule has 0 aliphatic heterocycles. The summed E-state index contributed by atoms with van der Waals surface area (Å²) >= 11 is 0. The summed E-state index contributed by atoms with van der Waals surface area (Å²) in [5, 5.41) is 3.19. The van der Waals surface area contributed by atoms with Crippen LogP contribution in [0, 0.1) is 0 Å². The molecule has 0 amide bonds. The van der Waals surface area contributed by atoms with Crippen molar-refractivity contribution in [1.29, 1.82) is 0 Å². The molecule has 0 unspecified atom stereocenters. The van der Waals surface area contributed by atoms with Crippen LogP contribution in [0.1, 0.15) is 13.8 Å². The number of anilines is 1. The fourth-order valence-corrected chi connectivity index (χ4v) is 1.43. The largest absolute Gasteiger partial charge is 0.377 e. The van der Waals surface area contributed by atoms with E-state index >= 15 is 0 Å². The molecule has 2 aromatic heterocycles. The Morgan fingerprint density at radius 1 is 1.24 bits per heavy atom. The highest BCUT2D eigenvalue weighted by atomic mass is 16.5. The van der Waals surface area contributed by atoms with Gasteiger partial charge in [-0.05, 0) is 26.0 Å². The van der Waals surface area contributed by atoms with Gasteiger partial charge in [-0.3, -0.25) is 4.98 Å². The van der Waals surface area contributed by atoms with E-state index in [1.165, 1.54) is 0 Å². The smallest absolute Gasteiger partial charge is 0.180 e. The first-order valence-electron chi connectivity index (χ1n) is 5.69. The Kier molecular flexibility index (Phi) is 3.82. The predicted octanol–water partition coefficient (Wildman–Crippen LogP) is 1.86. The zero-order valence-corrected chi connectivity index (χ0v) is 10.1. The number of nitrogens with one attached hydrogen (secondary N) is 1. The average Bonchev–Trinajstić information content (AvgIpc) is 2.34. The number of fused-ring (bicyclic) bond motifs is 1. The molecule has 2 heterocycles. The van der Waals surface area contributed by atoms with E-state index in [-0.39, 0.29) is 6.10 Å². The summed E-state index contributed by atoms with van der Waals surface area (Å²) in [6, 6.07) is 3.80. The standard InChI is InChI=1S/C12H16N4O/c1-9(2)17-8-7-14-11-4-3-10-12(16-11)15-6-5-13-10/h3-6,9H,7-8H2,1-2H3,(H,14,15,16). The van der Waals surface area contributed by atoms with Gasteiger partial charge in [0.25, 0.3) is 0 Å². The molecule has 5 nitrogen and oxygen atoms in total. The van der Waals surface area contributed by atoms with Crippen LogP contribution in [0.25, 0.3) is 11.2 Å². The number of nitrogens with zero attached hydrogens (tertiary/aromatic N) is 3. The number of ether oxygens (including phenoxy) is 1. The van der Waals surface area contributed by atoms with Crippen molar-refractivity contribution in [2.24, 2.45) is 0 Å². The van der Waals surface area contributed by atoms with Crippen LogP contribution in [0.15, 0.2) is 24.5 Å². The van der Waals surface area contributed by atoms with Crippen LogP contribution in [-0.2, 0) is 4.74 Å². The molecule has 2 aromatic rings. The fraction of sp³-hybridized carbons (Fsp3) is 0.417. The van der Waals surface area contributed by atoms with Gasteiger partial charge in [-0.15, -0.1) is 0 Å². The van der Waals surface area contributed by atoms with Crippen molar-refractivity contribution in [3.8, 4) is 0 Å². The lowest BCUT2D eigenvalue weighted by molar-refractivity contribution is 0.0870. The number of pyridine rings is 1. The Morgan fingerprint density at radius 3 is 2.88 bits per heavy atom. The zero-order valence-electron chi connectivity index (χ0n) is 10.1. The third kappa shape index (κ3) is 3.35. The molecule has 0 fully saturated rings. The second-order valence-corrected chi connectivity index (χ2v) is 3.94. The van der Waals surface area contributed by atoms with Crippen LogP contribution >= 0.6 is 0 Å². The minimum Gasteiger partial charge on any atom is -0.377 e. The van der Waals surface area contributed by atoms with Crippen molar-refractivity contribution in [3.05, 3.63) is 24.5 Å². The lowest BCUT2D eigenvalue weighted by Gasteiger charge is -2.09. The first-order chi connectivity index (χ1) is 8.25. The van der Waals surface area contributed by atoms with Gasteiger partial charge in [-0.2, -0.15) is 0 Å². The second kappa shape index (κ2) is 5.54. The van der Waals surface area contributed by atoms with E-state index in [1.54, 1.807) is 12.4 Å². The van der Waals surface area contributed by atoms with Gasteiger partial charge in [0.05, 0.1) is 12.7 Å². The normalized spacial score (nSPS) is 11.0. The molecular weight excluding hydrogens is 216 g/mol. The van der Waals surface area contributed by atoms with Gasteiger partial charge < -0.3 is 10.1 Å². The van der Waals surface area contributed by atoms with Crippen molar-refractivity contribution >= 4 is 17.0 Å². The van der Waals surface area contributed by atoms with Crippen molar-refractivity contribution in [2.75, 3.05) is 18.5 Å². The summed E-state index contributed by atoms with van der Waals surface area (Å²) in [7, 11) is 0. The molecule has 0 spiro atoms. The fourth-order valence-electron chi connectivity index (χ4n) is 1.43. The van der Waals surface area contributed by atoms with Gasteiger partial charge in [0.15, 0.2) is 5.65 Å². The minimum atomic E-state index is 0.257. The molecule has 0 saturated heterocycles. The van der Waals surface area contributed by atoms with Crippen LogP contribution in [0.5, 0.6) is 0 Å². The van der Waals surface area contributed by atoms with Crippen molar-refractivity contribution < 1.29 is 4.74 Å². The third-order valence-corrected chi connectivity index (χ3v) is 2.19. The summed E-state index contributed by atoms with van der Waals surface area (Å²) in [6.45, 7) is 5.43. The number of aromatic nitrogens is 3. The van der Waals surface area contributed by atoms with Crippen LogP contribution in [0.3, 0.4) is 0 Å². The number of hydrogen-bond donors (Lipinski definition) is 1. The highest BCUT2D eigenvalue weighted by Gasteiger charge is 1.99. The minimum absolute atomic E-state index is 0.257. The van der Waals surface area contributed by atoms with Gasteiger partial charge in [0.1, 0.15) is 11.3 Å². The predicted molar refractivity (Wildman–Crippen MR) is 66.9 cm³/mol. The monoisotopic (exact) mass is 232 g/mol. The quantitative estimate of drug-likeness (QED) is 0.797. The Labute approximate surface area is 100 Å². The van der Waals surface area contributed by atoms with Gasteiger partial charge in [-0.1, -0.05) is 0 Å². The van der Waals surface area contributed by atoms with Crippen LogP contribution < -0.4 is 5.32 Å². The topological polar surface area (TPSA) is 59.9 Å². The van der Waals surface area contributed by atoms with Crippen LogP contribution in [-0.4, -0.2) is 34.2 Å². The van der Waals surface area contributed by atoms with Crippen molar-refractivity contribution in [3.63, 3.8) is 0 Å². The maximum absolute atomic E-state index is 5.43.